The van der Waals surface area contributed by atoms with Crippen molar-refractivity contribution in [1.82, 2.24) is 39.2 Å². The summed E-state index contributed by atoms with van der Waals surface area (Å²) in [6.45, 7) is 10.1. The molecule has 5 fully saturated rings. The number of benzene rings is 3. The molecule has 3 aromatic carbocycles. The van der Waals surface area contributed by atoms with E-state index in [0.29, 0.717) is 78.5 Å². The van der Waals surface area contributed by atoms with Gasteiger partial charge in [-0.15, -0.1) is 6.42 Å². The number of imide groups is 1. The number of rotatable bonds is 14. The highest BCUT2D eigenvalue weighted by atomic mass is 19.1. The number of aryl methyl sites for hydroxylation is 1. The van der Waals surface area contributed by atoms with Crippen molar-refractivity contribution in [2.75, 3.05) is 109 Å². The zero-order valence-corrected chi connectivity index (χ0v) is 40.6. The second-order valence-corrected chi connectivity index (χ2v) is 19.9. The number of methoxy groups -OCH3 is 1. The molecular formula is C53H58F2N10O7. The Morgan fingerprint density at radius 1 is 0.889 bits per heavy atom. The van der Waals surface area contributed by atoms with E-state index >= 15 is 8.78 Å². The van der Waals surface area contributed by atoms with E-state index in [-0.39, 0.29) is 58.6 Å². The number of piperidine rings is 2. The van der Waals surface area contributed by atoms with Crippen LogP contribution in [0.5, 0.6) is 11.8 Å². The lowest BCUT2D eigenvalue weighted by atomic mass is 9.95. The average molecular weight is 985 g/mol. The molecule has 6 aromatic rings. The molecule has 17 nitrogen and oxygen atoms in total. The first kappa shape index (κ1) is 47.6. The van der Waals surface area contributed by atoms with Crippen LogP contribution in [0.3, 0.4) is 0 Å². The third kappa shape index (κ3) is 9.21. The number of anilines is 2. The van der Waals surface area contributed by atoms with E-state index in [1.807, 2.05) is 23.1 Å². The van der Waals surface area contributed by atoms with Gasteiger partial charge in [0.25, 0.3) is 0 Å². The number of pyridine rings is 1. The van der Waals surface area contributed by atoms with Crippen LogP contribution in [0, 0.1) is 35.3 Å². The third-order valence-corrected chi connectivity index (χ3v) is 15.3. The lowest BCUT2D eigenvalue weighted by Crippen LogP contribution is -2.50. The smallest absolute Gasteiger partial charge is 0.329 e. The predicted octanol–water partition coefficient (Wildman–Crippen LogP) is 5.25. The van der Waals surface area contributed by atoms with Crippen molar-refractivity contribution in [2.24, 2.45) is 18.4 Å². The summed E-state index contributed by atoms with van der Waals surface area (Å²) in [7, 11) is 3.23. The number of morpholine rings is 1. The largest absolute Gasteiger partial charge is 0.468 e. The molecule has 4 saturated heterocycles. The fraction of sp³-hybridized carbons (Fsp3) is 0.472. The van der Waals surface area contributed by atoms with Crippen LogP contribution in [-0.4, -0.2) is 145 Å². The fourth-order valence-corrected chi connectivity index (χ4v) is 11.1. The number of halogens is 2. The van der Waals surface area contributed by atoms with Crippen molar-refractivity contribution >= 4 is 56.0 Å². The van der Waals surface area contributed by atoms with Crippen LogP contribution >= 0.6 is 0 Å². The number of terminal acetylenes is 1. The Kier molecular flexibility index (Phi) is 13.0. The molecule has 1 N–H and O–H groups in total. The maximum atomic E-state index is 17.2. The number of piperazine rings is 1. The van der Waals surface area contributed by atoms with Crippen LogP contribution in [0.1, 0.15) is 50.1 Å². The summed E-state index contributed by atoms with van der Waals surface area (Å²) >= 11 is 0. The monoisotopic (exact) mass is 984 g/mol. The molecule has 19 heteroatoms. The highest BCUT2D eigenvalue weighted by molar-refractivity contribution is 6.03. The number of carbonyl (C=O) groups is 2. The molecule has 7 heterocycles. The molecule has 5 aliphatic rings. The van der Waals surface area contributed by atoms with Crippen molar-refractivity contribution < 1.29 is 37.3 Å². The van der Waals surface area contributed by atoms with E-state index in [1.165, 1.54) is 17.7 Å². The maximum Gasteiger partial charge on any atom is 0.329 e. The van der Waals surface area contributed by atoms with Gasteiger partial charge < -0.3 is 38.5 Å². The normalized spacial score (nSPS) is 20.1. The topological polar surface area (TPSA) is 162 Å². The van der Waals surface area contributed by atoms with Gasteiger partial charge >= 0.3 is 11.7 Å². The lowest BCUT2D eigenvalue weighted by molar-refractivity contribution is -0.135. The highest BCUT2D eigenvalue weighted by Crippen LogP contribution is 2.47. The fourth-order valence-electron chi connectivity index (χ4n) is 11.1. The number of aromatic nitrogens is 5. The molecule has 0 bridgehead atoms. The first-order chi connectivity index (χ1) is 35.0. The van der Waals surface area contributed by atoms with E-state index in [9.17, 15) is 14.4 Å². The number of amides is 2. The standard InChI is InChI=1S/C53H58F2N10O7/c1-4-37-40(54)7-5-34-25-36(72-32-69-3)27-38(45(34)37)47-46(55)48-39(28-56-47)49(64-21-23-70-24-22-64)59-51(58-48)71-31-53(13-14-53)30-62-19-17-61(18-20-62)29-33-11-15-63(16-12-33)35-6-8-41-43(26-35)60(2)52(68)65(41)42-9-10-44(66)57-50(42)67/h1,5-8,25-28,33,42H,9-24,29-32H2,2-3H3,(H,57,66,67). The summed E-state index contributed by atoms with van der Waals surface area (Å²) < 4.78 is 58.5. The van der Waals surface area contributed by atoms with Gasteiger partial charge in [0.15, 0.2) is 12.6 Å². The van der Waals surface area contributed by atoms with Crippen LogP contribution < -0.4 is 30.3 Å². The van der Waals surface area contributed by atoms with Crippen LogP contribution in [-0.2, 0) is 26.1 Å². The summed E-state index contributed by atoms with van der Waals surface area (Å²) in [4.78, 5) is 61.5. The SMILES string of the molecule is C#Cc1c(F)ccc2cc(OCOC)cc(-c3ncc4c(N5CCOCC5)nc(OCC5(CN6CCN(CC7CCN(c8ccc9c(c8)n(C)c(=O)n9C8CCC(=O)NC8=O)CC7)CC6)CC5)nc4c3F)c12. The number of carbonyl (C=O) groups excluding carboxylic acids is 2. The predicted molar refractivity (Wildman–Crippen MR) is 267 cm³/mol. The highest BCUT2D eigenvalue weighted by Gasteiger charge is 2.45. The van der Waals surface area contributed by atoms with Crippen LogP contribution in [0.2, 0.25) is 0 Å². The Balaban J connectivity index is 0.734. The zero-order chi connectivity index (χ0) is 49.7. The van der Waals surface area contributed by atoms with Gasteiger partial charge in [0.05, 0.1) is 41.8 Å². The van der Waals surface area contributed by atoms with Gasteiger partial charge in [-0.1, -0.05) is 12.0 Å². The Bertz CT molecular complexity index is 3180. The van der Waals surface area contributed by atoms with E-state index in [0.717, 1.165) is 89.2 Å². The van der Waals surface area contributed by atoms with Gasteiger partial charge in [-0.25, -0.2) is 13.6 Å². The van der Waals surface area contributed by atoms with Gasteiger partial charge in [-0.3, -0.25) is 29.0 Å². The molecule has 1 unspecified atom stereocenters. The summed E-state index contributed by atoms with van der Waals surface area (Å²) in [5.74, 6) is 1.85. The Hall–Kier alpha value is -6.72. The van der Waals surface area contributed by atoms with Gasteiger partial charge in [0.2, 0.25) is 11.8 Å². The molecule has 376 valence electrons. The van der Waals surface area contributed by atoms with E-state index < -0.39 is 23.6 Å². The van der Waals surface area contributed by atoms with Gasteiger partial charge in [0.1, 0.15) is 34.6 Å². The minimum atomic E-state index is -0.719. The number of imidazole rings is 1. The van der Waals surface area contributed by atoms with Crippen molar-refractivity contribution in [2.45, 2.75) is 44.6 Å². The lowest BCUT2D eigenvalue weighted by Gasteiger charge is -2.40. The quantitative estimate of drug-likeness (QED) is 0.0857. The average Bonchev–Trinajstić information content (AvgIpc) is 4.12. The molecule has 72 heavy (non-hydrogen) atoms. The molecule has 0 spiro atoms. The van der Waals surface area contributed by atoms with Crippen molar-refractivity contribution in [1.29, 1.82) is 0 Å². The molecule has 0 radical (unpaired) electrons. The molecular weight excluding hydrogens is 927 g/mol. The van der Waals surface area contributed by atoms with E-state index in [1.54, 1.807) is 36.0 Å². The maximum absolute atomic E-state index is 17.2. The first-order valence-corrected chi connectivity index (χ1v) is 24.9. The number of ether oxygens (including phenoxy) is 4. The minimum Gasteiger partial charge on any atom is -0.468 e. The van der Waals surface area contributed by atoms with Crippen molar-refractivity contribution in [3.8, 4) is 35.4 Å². The number of nitrogens with zero attached hydrogens (tertiary/aromatic N) is 9. The summed E-state index contributed by atoms with van der Waals surface area (Å²) in [6, 6.07) is 11.5. The van der Waals surface area contributed by atoms with Gasteiger partial charge in [-0.05, 0) is 79.8 Å². The number of fused-ring (bicyclic) bond motifs is 3. The van der Waals surface area contributed by atoms with Crippen LogP contribution in [0.25, 0.3) is 44.0 Å². The molecule has 3 aromatic heterocycles. The Morgan fingerprint density at radius 3 is 2.40 bits per heavy atom. The Morgan fingerprint density at radius 2 is 1.67 bits per heavy atom. The second-order valence-electron chi connectivity index (χ2n) is 19.9. The summed E-state index contributed by atoms with van der Waals surface area (Å²) in [5.41, 5.74) is 2.41. The minimum absolute atomic E-state index is 0.0116. The zero-order valence-electron chi connectivity index (χ0n) is 40.6. The van der Waals surface area contributed by atoms with Gasteiger partial charge in [0, 0.05) is 114 Å². The van der Waals surface area contributed by atoms with E-state index in [2.05, 4.69) is 30.9 Å². The number of hydrogen-bond donors (Lipinski definition) is 1. The number of nitrogens with one attached hydrogen (secondary N) is 1. The molecule has 4 aliphatic heterocycles. The molecule has 1 atom stereocenters. The molecule has 11 rings (SSSR count). The summed E-state index contributed by atoms with van der Waals surface area (Å²) in [6.07, 6.45) is 12.1. The van der Waals surface area contributed by atoms with Crippen LogP contribution in [0.4, 0.5) is 20.3 Å². The van der Waals surface area contributed by atoms with E-state index in [4.69, 9.17) is 35.3 Å². The summed E-state index contributed by atoms with van der Waals surface area (Å²) in [5, 5.41) is 3.68. The van der Waals surface area contributed by atoms with Crippen molar-refractivity contribution in [3.05, 3.63) is 76.3 Å². The Labute approximate surface area is 415 Å². The number of hydrogen-bond acceptors (Lipinski definition) is 14. The third-order valence-electron chi connectivity index (χ3n) is 15.3. The van der Waals surface area contributed by atoms with Crippen LogP contribution in [0.15, 0.2) is 53.5 Å². The molecule has 2 amide bonds. The second kappa shape index (κ2) is 19.7. The van der Waals surface area contributed by atoms with Gasteiger partial charge in [-0.2, -0.15) is 9.97 Å². The molecule has 1 saturated carbocycles. The molecule has 1 aliphatic carbocycles. The first-order valence-electron chi connectivity index (χ1n) is 24.9. The van der Waals surface area contributed by atoms with Crippen molar-refractivity contribution in [3.63, 3.8) is 0 Å².